The topological polar surface area (TPSA) is 142 Å². The van der Waals surface area contributed by atoms with E-state index in [0.717, 1.165) is 22.1 Å². The minimum Gasteiger partial charge on any atom is -0.382 e. The lowest BCUT2D eigenvalue weighted by Gasteiger charge is -2.15. The van der Waals surface area contributed by atoms with E-state index in [1.165, 1.54) is 41.5 Å². The van der Waals surface area contributed by atoms with Gasteiger partial charge in [0.15, 0.2) is 23.6 Å². The predicted molar refractivity (Wildman–Crippen MR) is 139 cm³/mol. The Kier molecular flexibility index (Phi) is 8.19. The Morgan fingerprint density at radius 1 is 1.20 bits per heavy atom. The molecule has 1 aliphatic heterocycles. The smallest absolute Gasteiger partial charge is 0.382 e. The molecule has 1 aliphatic rings. The molecule has 0 spiro atoms. The van der Waals surface area contributed by atoms with Crippen molar-refractivity contribution in [1.82, 2.24) is 34.1 Å². The fourth-order valence-corrected chi connectivity index (χ4v) is 4.42. The van der Waals surface area contributed by atoms with Crippen LogP contribution >= 0.6 is 11.6 Å². The highest BCUT2D eigenvalue weighted by atomic mass is 35.5. The van der Waals surface area contributed by atoms with E-state index in [1.54, 1.807) is 12.1 Å². The van der Waals surface area contributed by atoms with Crippen molar-refractivity contribution in [1.29, 1.82) is 0 Å². The molecule has 216 valence electrons. The van der Waals surface area contributed by atoms with Gasteiger partial charge in [-0.15, -0.1) is 10.2 Å². The molecule has 12 nitrogen and oxygen atoms in total. The van der Waals surface area contributed by atoms with Gasteiger partial charge in [-0.1, -0.05) is 11.6 Å². The van der Waals surface area contributed by atoms with Crippen molar-refractivity contribution in [3.63, 3.8) is 0 Å². The second-order valence-electron chi connectivity index (χ2n) is 9.30. The van der Waals surface area contributed by atoms with E-state index < -0.39 is 24.5 Å². The Morgan fingerprint density at radius 3 is 2.68 bits per heavy atom. The van der Waals surface area contributed by atoms with Gasteiger partial charge >= 0.3 is 11.9 Å². The zero-order valence-corrected chi connectivity index (χ0v) is 22.1. The summed E-state index contributed by atoms with van der Waals surface area (Å²) in [5.41, 5.74) is -0.185. The van der Waals surface area contributed by atoms with Gasteiger partial charge in [0.1, 0.15) is 18.6 Å². The van der Waals surface area contributed by atoms with Crippen LogP contribution < -0.4 is 11.0 Å². The van der Waals surface area contributed by atoms with Gasteiger partial charge in [0.2, 0.25) is 5.91 Å². The highest BCUT2D eigenvalue weighted by Crippen LogP contribution is 2.24. The van der Waals surface area contributed by atoms with E-state index in [1.807, 2.05) is 0 Å². The molecule has 0 aliphatic carbocycles. The zero-order chi connectivity index (χ0) is 29.1. The van der Waals surface area contributed by atoms with E-state index in [2.05, 4.69) is 25.5 Å². The first-order valence-corrected chi connectivity index (χ1v) is 12.9. The number of hydrogen-bond acceptors (Lipinski definition) is 8. The van der Waals surface area contributed by atoms with Crippen LogP contribution in [0.1, 0.15) is 25.1 Å². The Hall–Kier alpha value is -4.08. The van der Waals surface area contributed by atoms with Crippen molar-refractivity contribution in [2.75, 3.05) is 11.9 Å². The van der Waals surface area contributed by atoms with E-state index in [9.17, 15) is 27.9 Å². The highest BCUT2D eigenvalue weighted by molar-refractivity contribution is 6.30. The number of aliphatic hydroxyl groups is 1. The number of hydrogen-bond donors (Lipinski definition) is 2. The van der Waals surface area contributed by atoms with Crippen LogP contribution in [-0.2, 0) is 22.6 Å². The molecule has 4 heterocycles. The van der Waals surface area contributed by atoms with Crippen LogP contribution in [0, 0.1) is 0 Å². The number of aliphatic hydroxyl groups excluding tert-OH is 1. The number of nitrogens with one attached hydrogen (secondary N) is 1. The molecule has 1 fully saturated rings. The first kappa shape index (κ1) is 28.4. The number of carbonyl (C=O) groups excluding carboxylic acids is 1. The molecule has 16 heteroatoms. The molecule has 2 N–H and O–H groups in total. The lowest BCUT2D eigenvalue weighted by molar-refractivity contribution is -0.207. The molecule has 2 atom stereocenters. The molecular formula is C25H24ClF3N8O4. The van der Waals surface area contributed by atoms with Gasteiger partial charge in [-0.2, -0.15) is 13.2 Å². The van der Waals surface area contributed by atoms with Crippen molar-refractivity contribution in [3.8, 4) is 17.1 Å². The number of ether oxygens (including phenoxy) is 1. The zero-order valence-electron chi connectivity index (χ0n) is 21.3. The minimum absolute atomic E-state index is 0.0992. The molecule has 1 unspecified atom stereocenters. The third-order valence-electron chi connectivity index (χ3n) is 6.32. The van der Waals surface area contributed by atoms with Gasteiger partial charge in [0.25, 0.3) is 0 Å². The van der Waals surface area contributed by atoms with Crippen LogP contribution in [0.5, 0.6) is 0 Å². The van der Waals surface area contributed by atoms with Crippen LogP contribution in [0.2, 0.25) is 5.02 Å². The fourth-order valence-electron chi connectivity index (χ4n) is 4.29. The lowest BCUT2D eigenvalue weighted by atomic mass is 10.2. The Balaban J connectivity index is 1.40. The maximum absolute atomic E-state index is 13.1. The van der Waals surface area contributed by atoms with E-state index in [4.69, 9.17) is 16.3 Å². The van der Waals surface area contributed by atoms with Crippen molar-refractivity contribution < 1.29 is 27.8 Å². The Morgan fingerprint density at radius 2 is 1.98 bits per heavy atom. The number of nitrogens with zero attached hydrogens (tertiary/aromatic N) is 7. The van der Waals surface area contributed by atoms with Gasteiger partial charge in [-0.05, 0) is 49.2 Å². The second-order valence-corrected chi connectivity index (χ2v) is 9.74. The molecule has 0 saturated carbocycles. The predicted octanol–water partition coefficient (Wildman–Crippen LogP) is 2.82. The number of aromatic nitrogens is 7. The third-order valence-corrected chi connectivity index (χ3v) is 6.57. The Bertz CT molecular complexity index is 1580. The third kappa shape index (κ3) is 6.64. The number of carbonyl (C=O) groups is 1. The first-order chi connectivity index (χ1) is 19.6. The van der Waals surface area contributed by atoms with E-state index in [0.29, 0.717) is 22.9 Å². The van der Waals surface area contributed by atoms with Gasteiger partial charge in [0.05, 0.1) is 19.1 Å². The summed E-state index contributed by atoms with van der Waals surface area (Å²) in [5, 5.41) is 21.3. The fraction of sp³-hybridized carbons (Fsp3) is 0.360. The molecule has 1 aromatic carbocycles. The van der Waals surface area contributed by atoms with E-state index in [-0.39, 0.29) is 42.4 Å². The molecule has 5 rings (SSSR count). The molecule has 1 saturated heterocycles. The lowest BCUT2D eigenvalue weighted by Crippen LogP contribution is -2.37. The molecule has 1 amide bonds. The van der Waals surface area contributed by atoms with Crippen molar-refractivity contribution in [2.45, 2.75) is 50.7 Å². The number of amides is 1. The summed E-state index contributed by atoms with van der Waals surface area (Å²) >= 11 is 5.92. The summed E-state index contributed by atoms with van der Waals surface area (Å²) < 4.78 is 47.8. The summed E-state index contributed by atoms with van der Waals surface area (Å²) in [6.07, 6.45) is -3.14. The van der Waals surface area contributed by atoms with Crippen molar-refractivity contribution in [2.24, 2.45) is 0 Å². The Labute approximate surface area is 235 Å². The monoisotopic (exact) mass is 592 g/mol. The second kappa shape index (κ2) is 11.8. The van der Waals surface area contributed by atoms with Crippen LogP contribution in [0.4, 0.5) is 19.0 Å². The summed E-state index contributed by atoms with van der Waals surface area (Å²) in [5.74, 6) is -0.0289. The number of halogens is 4. The standard InChI is InChI=1S/C25H24ClF3N8O4/c26-16-7-5-15(6-8-16)23-34-36(24(40)35(23)12-19(38)25(27,28)29)13-20-31-14-37(33-20)18-4-1-9-30-22(18)32-21(39)11-17-3-2-10-41-17/h1,4-9,14,17,19,38H,2-3,10-13H2,(H,30,32,39)/t17?,19-/m0/s1. The average Bonchev–Trinajstić information content (AvgIpc) is 3.67. The average molecular weight is 593 g/mol. The molecule has 41 heavy (non-hydrogen) atoms. The number of rotatable bonds is 9. The minimum atomic E-state index is -4.94. The SMILES string of the molecule is O=C(CC1CCCO1)Nc1ncccc1-n1cnc(Cn2nc(-c3ccc(Cl)cc3)n(C[C@H](O)C(F)(F)F)c2=O)n1. The largest absolute Gasteiger partial charge is 0.416 e. The van der Waals surface area contributed by atoms with E-state index >= 15 is 0 Å². The normalized spacial score (nSPS) is 16.2. The summed E-state index contributed by atoms with van der Waals surface area (Å²) in [6, 6.07) is 9.29. The number of pyridine rings is 1. The molecule has 3 aromatic heterocycles. The maximum Gasteiger partial charge on any atom is 0.416 e. The van der Waals surface area contributed by atoms with Crippen LogP contribution in [-0.4, -0.2) is 70.1 Å². The highest BCUT2D eigenvalue weighted by Gasteiger charge is 2.39. The van der Waals surface area contributed by atoms with Gasteiger partial charge in [0, 0.05) is 23.4 Å². The summed E-state index contributed by atoms with van der Waals surface area (Å²) in [4.78, 5) is 34.1. The molecule has 0 radical (unpaired) electrons. The van der Waals surface area contributed by atoms with Crippen LogP contribution in [0.15, 0.2) is 53.7 Å². The number of alkyl halides is 3. The van der Waals surface area contributed by atoms with Crippen LogP contribution in [0.25, 0.3) is 17.1 Å². The number of anilines is 1. The van der Waals surface area contributed by atoms with Crippen LogP contribution in [0.3, 0.4) is 0 Å². The summed E-state index contributed by atoms with van der Waals surface area (Å²) in [6.45, 7) is -0.727. The van der Waals surface area contributed by atoms with Gasteiger partial charge < -0.3 is 15.2 Å². The van der Waals surface area contributed by atoms with Gasteiger partial charge in [-0.25, -0.2) is 24.1 Å². The summed E-state index contributed by atoms with van der Waals surface area (Å²) in [7, 11) is 0. The van der Waals surface area contributed by atoms with Gasteiger partial charge in [-0.3, -0.25) is 9.36 Å². The molecular weight excluding hydrogens is 569 g/mol. The number of benzene rings is 1. The van der Waals surface area contributed by atoms with Crippen molar-refractivity contribution >= 4 is 23.3 Å². The maximum atomic E-state index is 13.1. The quantitative estimate of drug-likeness (QED) is 0.302. The van der Waals surface area contributed by atoms with Crippen molar-refractivity contribution in [3.05, 3.63) is 70.3 Å². The molecule has 0 bridgehead atoms. The first-order valence-electron chi connectivity index (χ1n) is 12.5. The molecule has 4 aromatic rings.